The van der Waals surface area contributed by atoms with Crippen molar-refractivity contribution in [3.63, 3.8) is 0 Å². The summed E-state index contributed by atoms with van der Waals surface area (Å²) in [6.07, 6.45) is 4.38. The number of benzene rings is 3. The molecule has 0 saturated carbocycles. The van der Waals surface area contributed by atoms with Crippen molar-refractivity contribution in [2.45, 2.75) is 18.7 Å². The van der Waals surface area contributed by atoms with Crippen LogP contribution in [0.3, 0.4) is 0 Å². The van der Waals surface area contributed by atoms with E-state index in [-0.39, 0.29) is 18.7 Å². The van der Waals surface area contributed by atoms with E-state index in [1.54, 1.807) is 54.6 Å². The number of hydrogen-bond acceptors (Lipinski definition) is 6. The summed E-state index contributed by atoms with van der Waals surface area (Å²) in [5.41, 5.74) is -0.645. The molecule has 0 fully saturated rings. The Kier molecular flexibility index (Phi) is 8.62. The Morgan fingerprint density at radius 2 is 1.87 bits per heavy atom. The number of carbonyl (C=O) groups excluding carboxylic acids is 1. The summed E-state index contributed by atoms with van der Waals surface area (Å²) in [6, 6.07) is 16.3. The molecule has 196 valence electrons. The summed E-state index contributed by atoms with van der Waals surface area (Å²) >= 11 is 5.86. The van der Waals surface area contributed by atoms with Gasteiger partial charge < -0.3 is 9.84 Å². The minimum Gasteiger partial charge on any atom is -0.423 e. The zero-order chi connectivity index (χ0) is 27.1. The number of hydrogen-bond donors (Lipinski definition) is 1. The summed E-state index contributed by atoms with van der Waals surface area (Å²) in [4.78, 5) is 18.2. The molecule has 0 bridgehead atoms. The van der Waals surface area contributed by atoms with Crippen molar-refractivity contribution in [2.75, 3.05) is 13.1 Å². The predicted octanol–water partition coefficient (Wildman–Crippen LogP) is 5.00. The van der Waals surface area contributed by atoms with Gasteiger partial charge in [-0.05, 0) is 48.0 Å². The maximum Gasteiger partial charge on any atom is 0.343 e. The molecule has 0 aliphatic rings. The molecular weight excluding hydrogens is 514 g/mol. The molecule has 1 atom stereocenters. The third-order valence-corrected chi connectivity index (χ3v) is 6.07. The fourth-order valence-electron chi connectivity index (χ4n) is 4.08. The van der Waals surface area contributed by atoms with Crippen LogP contribution in [0.5, 0.6) is 5.75 Å². The predicted molar refractivity (Wildman–Crippen MR) is 139 cm³/mol. The monoisotopic (exact) mass is 538 g/mol. The van der Waals surface area contributed by atoms with E-state index in [1.165, 1.54) is 23.4 Å². The molecule has 1 aromatic heterocycles. The van der Waals surface area contributed by atoms with Gasteiger partial charge in [-0.2, -0.15) is 5.10 Å². The molecule has 0 aliphatic heterocycles. The lowest BCUT2D eigenvalue weighted by Crippen LogP contribution is -2.44. The van der Waals surface area contributed by atoms with Crippen molar-refractivity contribution in [3.8, 4) is 5.75 Å². The molecule has 7 nitrogen and oxygen atoms in total. The van der Waals surface area contributed by atoms with Crippen LogP contribution in [0.25, 0.3) is 0 Å². The van der Waals surface area contributed by atoms with E-state index in [0.717, 1.165) is 17.7 Å². The molecule has 4 aromatic rings. The SMILES string of the molecule is C=CCN(Cc1ccc(C(=O)Oc2ccc(Cl)cc2)cc1)CC(O)(Cn1cncn1)c1ccc(F)cc1F. The quantitative estimate of drug-likeness (QED) is 0.164. The van der Waals surface area contributed by atoms with Gasteiger partial charge in [0.2, 0.25) is 0 Å². The second kappa shape index (κ2) is 12.1. The first kappa shape index (κ1) is 27.1. The van der Waals surface area contributed by atoms with Gasteiger partial charge >= 0.3 is 5.97 Å². The van der Waals surface area contributed by atoms with Crippen LogP contribution < -0.4 is 4.74 Å². The van der Waals surface area contributed by atoms with Crippen LogP contribution >= 0.6 is 11.6 Å². The van der Waals surface area contributed by atoms with E-state index in [2.05, 4.69) is 16.7 Å². The van der Waals surface area contributed by atoms with E-state index < -0.39 is 23.2 Å². The van der Waals surface area contributed by atoms with Crippen LogP contribution in [0, 0.1) is 11.6 Å². The molecule has 1 unspecified atom stereocenters. The second-order valence-electron chi connectivity index (χ2n) is 8.75. The Morgan fingerprint density at radius 1 is 1.13 bits per heavy atom. The molecule has 0 spiro atoms. The number of aliphatic hydroxyl groups is 1. The number of rotatable bonds is 11. The lowest BCUT2D eigenvalue weighted by molar-refractivity contribution is -0.0210. The third kappa shape index (κ3) is 6.89. The molecule has 0 radical (unpaired) electrons. The lowest BCUT2D eigenvalue weighted by Gasteiger charge is -2.34. The van der Waals surface area contributed by atoms with Gasteiger partial charge in [-0.3, -0.25) is 4.90 Å². The van der Waals surface area contributed by atoms with Crippen LogP contribution in [-0.2, 0) is 18.7 Å². The van der Waals surface area contributed by atoms with Gasteiger partial charge in [0.25, 0.3) is 0 Å². The van der Waals surface area contributed by atoms with Gasteiger partial charge in [0.1, 0.15) is 35.6 Å². The van der Waals surface area contributed by atoms with E-state index in [0.29, 0.717) is 29.4 Å². The van der Waals surface area contributed by atoms with Crippen molar-refractivity contribution in [3.05, 3.63) is 125 Å². The summed E-state index contributed by atoms with van der Waals surface area (Å²) < 4.78 is 35.2. The van der Waals surface area contributed by atoms with E-state index in [9.17, 15) is 18.7 Å². The zero-order valence-electron chi connectivity index (χ0n) is 20.3. The highest BCUT2D eigenvalue weighted by atomic mass is 35.5. The fourth-order valence-corrected chi connectivity index (χ4v) is 4.21. The van der Waals surface area contributed by atoms with Gasteiger partial charge in [-0.1, -0.05) is 35.9 Å². The molecule has 4 rings (SSSR count). The molecule has 38 heavy (non-hydrogen) atoms. The standard InChI is InChI=1S/C28H25ClF2N4O3/c1-2-13-34(15-20-3-5-21(6-4-20)27(36)38-24-10-7-22(29)8-11-24)16-28(37,17-35-19-32-18-33-35)25-12-9-23(30)14-26(25)31/h2-12,14,18-19,37H,1,13,15-17H2. The normalized spacial score (nSPS) is 12.8. The molecule has 0 aliphatic carbocycles. The highest BCUT2D eigenvalue weighted by Crippen LogP contribution is 2.28. The third-order valence-electron chi connectivity index (χ3n) is 5.82. The van der Waals surface area contributed by atoms with Gasteiger partial charge in [0.15, 0.2) is 0 Å². The number of ether oxygens (including phenoxy) is 1. The minimum absolute atomic E-state index is 0.0260. The molecule has 10 heteroatoms. The average Bonchev–Trinajstić information content (AvgIpc) is 3.38. The Balaban J connectivity index is 1.51. The van der Waals surface area contributed by atoms with Crippen LogP contribution in [0.2, 0.25) is 5.02 Å². The van der Waals surface area contributed by atoms with Gasteiger partial charge in [-0.15, -0.1) is 6.58 Å². The Bertz CT molecular complexity index is 1380. The van der Waals surface area contributed by atoms with E-state index in [4.69, 9.17) is 16.3 Å². The van der Waals surface area contributed by atoms with Crippen molar-refractivity contribution in [1.29, 1.82) is 0 Å². The van der Waals surface area contributed by atoms with E-state index in [1.807, 2.05) is 4.90 Å². The molecule has 3 aromatic carbocycles. The van der Waals surface area contributed by atoms with Gasteiger partial charge in [0.05, 0.1) is 12.1 Å². The second-order valence-corrected chi connectivity index (χ2v) is 9.18. The van der Waals surface area contributed by atoms with Crippen molar-refractivity contribution < 1.29 is 23.4 Å². The van der Waals surface area contributed by atoms with Crippen molar-refractivity contribution >= 4 is 17.6 Å². The van der Waals surface area contributed by atoms with Gasteiger partial charge in [-0.25, -0.2) is 23.2 Å². The first-order chi connectivity index (χ1) is 18.3. The van der Waals surface area contributed by atoms with Crippen LogP contribution in [0.1, 0.15) is 21.5 Å². The molecule has 0 amide bonds. The first-order valence-electron chi connectivity index (χ1n) is 11.7. The first-order valence-corrected chi connectivity index (χ1v) is 12.0. The number of esters is 1. The van der Waals surface area contributed by atoms with Crippen LogP contribution in [-0.4, -0.2) is 43.8 Å². The molecule has 0 saturated heterocycles. The highest BCUT2D eigenvalue weighted by molar-refractivity contribution is 6.30. The molecule has 1 heterocycles. The average molecular weight is 539 g/mol. The fraction of sp³-hybridized carbons (Fsp3) is 0.179. The van der Waals surface area contributed by atoms with Crippen LogP contribution in [0.4, 0.5) is 8.78 Å². The number of halogens is 3. The van der Waals surface area contributed by atoms with Crippen molar-refractivity contribution in [1.82, 2.24) is 19.7 Å². The number of aromatic nitrogens is 3. The topological polar surface area (TPSA) is 80.5 Å². The van der Waals surface area contributed by atoms with Crippen LogP contribution in [0.15, 0.2) is 92.0 Å². The van der Waals surface area contributed by atoms with Gasteiger partial charge in [0, 0.05) is 36.3 Å². The largest absolute Gasteiger partial charge is 0.423 e. The molecular formula is C28H25ClF2N4O3. The van der Waals surface area contributed by atoms with Crippen molar-refractivity contribution in [2.24, 2.45) is 0 Å². The summed E-state index contributed by atoms with van der Waals surface area (Å²) in [5, 5.41) is 16.2. The summed E-state index contributed by atoms with van der Waals surface area (Å²) in [7, 11) is 0. The smallest absolute Gasteiger partial charge is 0.343 e. The number of nitrogens with zero attached hydrogens (tertiary/aromatic N) is 4. The Labute approximate surface area is 223 Å². The molecule has 1 N–H and O–H groups in total. The van der Waals surface area contributed by atoms with E-state index >= 15 is 0 Å². The maximum absolute atomic E-state index is 14.8. The Morgan fingerprint density at radius 3 is 2.50 bits per heavy atom. The zero-order valence-corrected chi connectivity index (χ0v) is 21.1. The minimum atomic E-state index is -1.77. The summed E-state index contributed by atoms with van der Waals surface area (Å²) in [6.45, 7) is 4.36. The summed E-state index contributed by atoms with van der Waals surface area (Å²) in [5.74, 6) is -1.75. The number of carbonyl (C=O) groups is 1. The Hall–Kier alpha value is -3.92. The maximum atomic E-state index is 14.8. The lowest BCUT2D eigenvalue weighted by atomic mass is 9.92. The highest BCUT2D eigenvalue weighted by Gasteiger charge is 2.35.